The minimum Gasteiger partial charge on any atom is -0.468 e. The number of hydrogen-bond acceptors (Lipinski definition) is 5. The van der Waals surface area contributed by atoms with Gasteiger partial charge in [-0.3, -0.25) is 14.2 Å². The van der Waals surface area contributed by atoms with Gasteiger partial charge in [-0.25, -0.2) is 9.37 Å². The number of nitrogens with zero attached hydrogens (tertiary/aromatic N) is 2. The molecule has 0 amide bonds. The smallest absolute Gasteiger partial charge is 0.325 e. The van der Waals surface area contributed by atoms with Gasteiger partial charge in [0, 0.05) is 5.25 Å². The maximum absolute atomic E-state index is 13.1. The highest BCUT2D eigenvalue weighted by atomic mass is 32.2. The second kappa shape index (κ2) is 7.70. The van der Waals surface area contributed by atoms with Crippen LogP contribution in [0, 0.1) is 5.82 Å². The van der Waals surface area contributed by atoms with E-state index in [2.05, 4.69) is 4.98 Å². The van der Waals surface area contributed by atoms with Crippen molar-refractivity contribution in [3.05, 3.63) is 70.3 Å². The zero-order valence-corrected chi connectivity index (χ0v) is 15.1. The van der Waals surface area contributed by atoms with Crippen LogP contribution in [-0.2, 0) is 16.1 Å². The molecule has 1 atom stereocenters. The number of methoxy groups -OCH3 is 1. The number of fused-ring (bicyclic) bond motifs is 1. The van der Waals surface area contributed by atoms with Crippen LogP contribution in [0.4, 0.5) is 4.39 Å². The van der Waals surface area contributed by atoms with Gasteiger partial charge >= 0.3 is 5.97 Å². The first-order chi connectivity index (χ1) is 12.5. The van der Waals surface area contributed by atoms with Crippen LogP contribution in [0.25, 0.3) is 10.9 Å². The number of thioether (sulfide) groups is 1. The first kappa shape index (κ1) is 18.1. The Balaban J connectivity index is 2.04. The molecule has 0 bridgehead atoms. The van der Waals surface area contributed by atoms with E-state index >= 15 is 0 Å². The van der Waals surface area contributed by atoms with Crippen LogP contribution in [0.3, 0.4) is 0 Å². The van der Waals surface area contributed by atoms with Gasteiger partial charge < -0.3 is 4.74 Å². The first-order valence-corrected chi connectivity index (χ1v) is 8.86. The van der Waals surface area contributed by atoms with E-state index in [0.717, 1.165) is 5.56 Å². The largest absolute Gasteiger partial charge is 0.468 e. The van der Waals surface area contributed by atoms with Gasteiger partial charge in [0.1, 0.15) is 12.4 Å². The predicted octanol–water partition coefficient (Wildman–Crippen LogP) is 3.56. The van der Waals surface area contributed by atoms with E-state index in [0.29, 0.717) is 16.1 Å². The second-order valence-electron chi connectivity index (χ2n) is 5.69. The zero-order chi connectivity index (χ0) is 18.7. The summed E-state index contributed by atoms with van der Waals surface area (Å²) < 4.78 is 19.2. The average Bonchev–Trinajstić information content (AvgIpc) is 2.65. The third-order valence-electron chi connectivity index (χ3n) is 3.96. The molecule has 7 heteroatoms. The standard InChI is InChI=1S/C19H17FN2O3S/c1-12(13-7-9-14(20)10-8-13)26-19-21-16-6-4-3-5-15(16)18(24)22(19)11-17(23)25-2/h3-10,12H,11H2,1-2H3/t12-/m1/s1. The third kappa shape index (κ3) is 3.77. The fourth-order valence-corrected chi connectivity index (χ4v) is 3.57. The predicted molar refractivity (Wildman–Crippen MR) is 98.7 cm³/mol. The van der Waals surface area contributed by atoms with Crippen molar-refractivity contribution in [1.82, 2.24) is 9.55 Å². The molecular formula is C19H17FN2O3S. The van der Waals surface area contributed by atoms with Gasteiger partial charge in [0.15, 0.2) is 5.16 Å². The minimum atomic E-state index is -0.527. The molecule has 26 heavy (non-hydrogen) atoms. The second-order valence-corrected chi connectivity index (χ2v) is 7.00. The van der Waals surface area contributed by atoms with Crippen LogP contribution in [0.2, 0.25) is 0 Å². The molecule has 0 radical (unpaired) electrons. The Morgan fingerprint density at radius 1 is 1.23 bits per heavy atom. The summed E-state index contributed by atoms with van der Waals surface area (Å²) >= 11 is 1.33. The normalized spacial score (nSPS) is 12.1. The van der Waals surface area contributed by atoms with Gasteiger partial charge in [0.2, 0.25) is 0 Å². The summed E-state index contributed by atoms with van der Waals surface area (Å²) in [4.78, 5) is 29.1. The lowest BCUT2D eigenvalue weighted by Gasteiger charge is -2.16. The summed E-state index contributed by atoms with van der Waals surface area (Å²) in [6.07, 6.45) is 0. The Hall–Kier alpha value is -2.67. The molecule has 0 saturated heterocycles. The average molecular weight is 372 g/mol. The van der Waals surface area contributed by atoms with Crippen molar-refractivity contribution in [2.45, 2.75) is 23.9 Å². The Morgan fingerprint density at radius 3 is 2.62 bits per heavy atom. The summed E-state index contributed by atoms with van der Waals surface area (Å²) in [6.45, 7) is 1.72. The quantitative estimate of drug-likeness (QED) is 0.389. The number of carbonyl (C=O) groups excluding carboxylic acids is 1. The lowest BCUT2D eigenvalue weighted by molar-refractivity contribution is -0.141. The van der Waals surface area contributed by atoms with Gasteiger partial charge in [0.25, 0.3) is 5.56 Å². The van der Waals surface area contributed by atoms with Crippen molar-refractivity contribution in [3.8, 4) is 0 Å². The fourth-order valence-electron chi connectivity index (χ4n) is 2.53. The fraction of sp³-hybridized carbons (Fsp3) is 0.211. The van der Waals surface area contributed by atoms with Gasteiger partial charge in [-0.2, -0.15) is 0 Å². The van der Waals surface area contributed by atoms with E-state index in [1.165, 1.54) is 35.6 Å². The lowest BCUT2D eigenvalue weighted by Crippen LogP contribution is -2.27. The molecule has 0 saturated carbocycles. The summed E-state index contributed by atoms with van der Waals surface area (Å²) in [6, 6.07) is 13.2. The molecule has 0 fully saturated rings. The van der Waals surface area contributed by atoms with E-state index in [1.54, 1.807) is 36.4 Å². The number of halogens is 1. The highest BCUT2D eigenvalue weighted by Gasteiger charge is 2.17. The number of benzene rings is 2. The third-order valence-corrected chi connectivity index (χ3v) is 5.11. The van der Waals surface area contributed by atoms with Crippen LogP contribution in [0.1, 0.15) is 17.7 Å². The SMILES string of the molecule is COC(=O)Cn1c(S[C@H](C)c2ccc(F)cc2)nc2ccccc2c1=O. The summed E-state index contributed by atoms with van der Waals surface area (Å²) in [5.41, 5.74) is 1.16. The molecule has 0 aliphatic rings. The molecule has 5 nitrogen and oxygen atoms in total. The van der Waals surface area contributed by atoms with E-state index in [-0.39, 0.29) is 23.2 Å². The number of para-hydroxylation sites is 1. The maximum atomic E-state index is 13.1. The van der Waals surface area contributed by atoms with E-state index in [4.69, 9.17) is 4.74 Å². The number of aromatic nitrogens is 2. The zero-order valence-electron chi connectivity index (χ0n) is 14.3. The Bertz CT molecular complexity index is 1000. The van der Waals surface area contributed by atoms with Crippen molar-refractivity contribution >= 4 is 28.6 Å². The van der Waals surface area contributed by atoms with Gasteiger partial charge in [0.05, 0.1) is 18.0 Å². The highest BCUT2D eigenvalue weighted by Crippen LogP contribution is 2.33. The van der Waals surface area contributed by atoms with Gasteiger partial charge in [-0.15, -0.1) is 0 Å². The van der Waals surface area contributed by atoms with Crippen molar-refractivity contribution in [1.29, 1.82) is 0 Å². The maximum Gasteiger partial charge on any atom is 0.325 e. The molecule has 0 N–H and O–H groups in total. The highest BCUT2D eigenvalue weighted by molar-refractivity contribution is 7.99. The molecule has 0 spiro atoms. The number of ether oxygens (including phenoxy) is 1. The first-order valence-electron chi connectivity index (χ1n) is 7.98. The molecule has 0 unspecified atom stereocenters. The van der Waals surface area contributed by atoms with Crippen molar-refractivity contribution in [2.75, 3.05) is 7.11 Å². The van der Waals surface area contributed by atoms with E-state index in [1.807, 2.05) is 6.92 Å². The van der Waals surface area contributed by atoms with Crippen LogP contribution >= 0.6 is 11.8 Å². The number of esters is 1. The molecule has 0 aliphatic heterocycles. The van der Waals surface area contributed by atoms with Crippen LogP contribution < -0.4 is 5.56 Å². The minimum absolute atomic E-state index is 0.0902. The number of rotatable bonds is 5. The van der Waals surface area contributed by atoms with Gasteiger partial charge in [-0.1, -0.05) is 36.0 Å². The molecule has 134 valence electrons. The molecule has 1 aromatic heterocycles. The van der Waals surface area contributed by atoms with E-state index in [9.17, 15) is 14.0 Å². The lowest BCUT2D eigenvalue weighted by atomic mass is 10.2. The number of carbonyl (C=O) groups is 1. The van der Waals surface area contributed by atoms with Crippen LogP contribution in [-0.4, -0.2) is 22.6 Å². The van der Waals surface area contributed by atoms with Crippen molar-refractivity contribution in [2.24, 2.45) is 0 Å². The Kier molecular flexibility index (Phi) is 5.37. The van der Waals surface area contributed by atoms with Crippen LogP contribution in [0.15, 0.2) is 58.5 Å². The molecule has 1 heterocycles. The summed E-state index contributed by atoms with van der Waals surface area (Å²) in [5, 5.41) is 0.763. The van der Waals surface area contributed by atoms with Crippen molar-refractivity contribution in [3.63, 3.8) is 0 Å². The van der Waals surface area contributed by atoms with Crippen LogP contribution in [0.5, 0.6) is 0 Å². The van der Waals surface area contributed by atoms with Gasteiger partial charge in [-0.05, 0) is 36.8 Å². The topological polar surface area (TPSA) is 61.2 Å². The molecule has 3 aromatic rings. The molecule has 0 aliphatic carbocycles. The van der Waals surface area contributed by atoms with Crippen molar-refractivity contribution < 1.29 is 13.9 Å². The monoisotopic (exact) mass is 372 g/mol. The molecular weight excluding hydrogens is 355 g/mol. The summed E-state index contributed by atoms with van der Waals surface area (Å²) in [7, 11) is 1.27. The molecule has 3 rings (SSSR count). The Morgan fingerprint density at radius 2 is 1.92 bits per heavy atom. The summed E-state index contributed by atoms with van der Waals surface area (Å²) in [5.74, 6) is -0.835. The Labute approximate surface area is 153 Å². The number of hydrogen-bond donors (Lipinski definition) is 0. The van der Waals surface area contributed by atoms with E-state index < -0.39 is 5.97 Å². The molecule has 2 aromatic carbocycles.